The summed E-state index contributed by atoms with van der Waals surface area (Å²) in [7, 11) is 0. The molecule has 4 nitrogen and oxygen atoms in total. The summed E-state index contributed by atoms with van der Waals surface area (Å²) in [5.41, 5.74) is 3.91. The summed E-state index contributed by atoms with van der Waals surface area (Å²) in [6, 6.07) is 10.7. The van der Waals surface area contributed by atoms with Crippen molar-refractivity contribution in [3.05, 3.63) is 35.9 Å². The third-order valence-corrected chi connectivity index (χ3v) is 2.86. The van der Waals surface area contributed by atoms with E-state index in [1.807, 2.05) is 19.9 Å². The second kappa shape index (κ2) is 7.14. The van der Waals surface area contributed by atoms with Crippen LogP contribution in [0.5, 0.6) is 0 Å². The van der Waals surface area contributed by atoms with Gasteiger partial charge in [-0.15, -0.1) is 0 Å². The lowest BCUT2D eigenvalue weighted by molar-refractivity contribution is 0.419. The van der Waals surface area contributed by atoms with Crippen LogP contribution in [0.3, 0.4) is 0 Å². The van der Waals surface area contributed by atoms with Crippen molar-refractivity contribution in [2.75, 3.05) is 0 Å². The molecule has 0 unspecified atom stereocenters. The minimum absolute atomic E-state index is 0.0596. The second-order valence-corrected chi connectivity index (χ2v) is 5.71. The lowest BCUT2D eigenvalue weighted by atomic mass is 9.95. The van der Waals surface area contributed by atoms with Crippen molar-refractivity contribution < 1.29 is 0 Å². The summed E-state index contributed by atoms with van der Waals surface area (Å²) in [6.07, 6.45) is 2.04. The molecule has 4 heteroatoms. The Balaban J connectivity index is 2.55. The van der Waals surface area contributed by atoms with E-state index in [4.69, 9.17) is 5.84 Å². The molecule has 0 fully saturated rings. The molecule has 0 atom stereocenters. The molecule has 0 amide bonds. The fourth-order valence-corrected chi connectivity index (χ4v) is 1.85. The van der Waals surface area contributed by atoms with Crippen molar-refractivity contribution in [3.63, 3.8) is 0 Å². The van der Waals surface area contributed by atoms with E-state index in [0.717, 1.165) is 12.8 Å². The van der Waals surface area contributed by atoms with Gasteiger partial charge in [-0.05, 0) is 46.1 Å². The van der Waals surface area contributed by atoms with Crippen LogP contribution in [0.15, 0.2) is 35.3 Å². The molecule has 4 N–H and O–H groups in total. The van der Waals surface area contributed by atoms with Crippen molar-refractivity contribution in [2.24, 2.45) is 10.8 Å². The molecule has 0 aliphatic carbocycles. The number of nitrogens with one attached hydrogen (secondary N) is 2. The number of aryl methyl sites for hydroxylation is 1. The Morgan fingerprint density at radius 2 is 1.89 bits per heavy atom. The highest BCUT2D eigenvalue weighted by atomic mass is 15.3. The highest BCUT2D eigenvalue weighted by Crippen LogP contribution is 2.13. The Morgan fingerprint density at radius 3 is 2.42 bits per heavy atom. The van der Waals surface area contributed by atoms with Crippen LogP contribution in [0.1, 0.15) is 39.7 Å². The minimum Gasteiger partial charge on any atom is -0.350 e. The Kier molecular flexibility index (Phi) is 5.83. The van der Waals surface area contributed by atoms with Crippen LogP contribution in [0.25, 0.3) is 0 Å². The Labute approximate surface area is 116 Å². The summed E-state index contributed by atoms with van der Waals surface area (Å²) in [5, 5.41) is 3.36. The number of hydrazine groups is 1. The molecule has 19 heavy (non-hydrogen) atoms. The highest BCUT2D eigenvalue weighted by molar-refractivity contribution is 5.80. The van der Waals surface area contributed by atoms with E-state index in [1.54, 1.807) is 0 Å². The summed E-state index contributed by atoms with van der Waals surface area (Å²) >= 11 is 0. The molecule has 0 aliphatic heterocycles. The fourth-order valence-electron chi connectivity index (χ4n) is 1.85. The fraction of sp³-hybridized carbons (Fsp3) is 0.533. The van der Waals surface area contributed by atoms with Crippen molar-refractivity contribution in [3.8, 4) is 0 Å². The number of aliphatic imine (C=N–C) groups is 1. The first-order valence-electron chi connectivity index (χ1n) is 6.79. The number of hydrogen-bond acceptors (Lipinski definition) is 2. The smallest absolute Gasteiger partial charge is 0.206 e. The maximum absolute atomic E-state index is 5.49. The molecule has 0 saturated heterocycles. The largest absolute Gasteiger partial charge is 0.350 e. The summed E-state index contributed by atoms with van der Waals surface area (Å²) < 4.78 is 0. The van der Waals surface area contributed by atoms with Gasteiger partial charge in [0.05, 0.1) is 0 Å². The molecule has 1 rings (SSSR count). The van der Waals surface area contributed by atoms with Gasteiger partial charge in [-0.1, -0.05) is 30.3 Å². The zero-order valence-electron chi connectivity index (χ0n) is 12.4. The monoisotopic (exact) mass is 262 g/mol. The number of nitrogens with zero attached hydrogens (tertiary/aromatic N) is 1. The van der Waals surface area contributed by atoms with Gasteiger partial charge in [0, 0.05) is 11.6 Å². The first kappa shape index (κ1) is 15.5. The molecule has 0 spiro atoms. The van der Waals surface area contributed by atoms with Crippen LogP contribution in [0.2, 0.25) is 0 Å². The molecular weight excluding hydrogens is 236 g/mol. The molecule has 0 aromatic heterocycles. The number of guanidine groups is 1. The molecule has 1 aromatic rings. The highest BCUT2D eigenvalue weighted by Gasteiger charge is 2.19. The normalized spacial score (nSPS) is 12.6. The SMILES string of the molecule is CC(C)N=C(NN)NC(C)(C)CCc1ccccc1. The Bertz CT molecular complexity index is 396. The predicted molar refractivity (Wildman–Crippen MR) is 81.9 cm³/mol. The van der Waals surface area contributed by atoms with Gasteiger partial charge in [0.15, 0.2) is 0 Å². The first-order chi connectivity index (χ1) is 8.93. The van der Waals surface area contributed by atoms with Gasteiger partial charge in [-0.25, -0.2) is 10.8 Å². The van der Waals surface area contributed by atoms with E-state index < -0.39 is 0 Å². The van der Waals surface area contributed by atoms with E-state index >= 15 is 0 Å². The summed E-state index contributed by atoms with van der Waals surface area (Å²) in [5.74, 6) is 6.14. The minimum atomic E-state index is -0.0596. The van der Waals surface area contributed by atoms with Crippen LogP contribution in [0.4, 0.5) is 0 Å². The lowest BCUT2D eigenvalue weighted by Crippen LogP contribution is -2.52. The van der Waals surface area contributed by atoms with E-state index in [1.165, 1.54) is 5.56 Å². The van der Waals surface area contributed by atoms with Gasteiger partial charge in [0.25, 0.3) is 0 Å². The van der Waals surface area contributed by atoms with Gasteiger partial charge in [0.1, 0.15) is 0 Å². The van der Waals surface area contributed by atoms with Crippen molar-refractivity contribution in [2.45, 2.75) is 52.1 Å². The molecule has 0 bridgehead atoms. The topological polar surface area (TPSA) is 62.4 Å². The van der Waals surface area contributed by atoms with Crippen LogP contribution < -0.4 is 16.6 Å². The van der Waals surface area contributed by atoms with Gasteiger partial charge in [-0.2, -0.15) is 0 Å². The molecular formula is C15H26N4. The third-order valence-electron chi connectivity index (χ3n) is 2.86. The van der Waals surface area contributed by atoms with Crippen molar-refractivity contribution in [1.82, 2.24) is 10.7 Å². The van der Waals surface area contributed by atoms with E-state index in [-0.39, 0.29) is 11.6 Å². The number of hydrogen-bond donors (Lipinski definition) is 3. The molecule has 1 aromatic carbocycles. The number of nitrogens with two attached hydrogens (primary N) is 1. The van der Waals surface area contributed by atoms with Crippen LogP contribution >= 0.6 is 0 Å². The van der Waals surface area contributed by atoms with E-state index in [2.05, 4.69) is 53.8 Å². The Morgan fingerprint density at radius 1 is 1.26 bits per heavy atom. The molecule has 0 aliphatic rings. The maximum Gasteiger partial charge on any atom is 0.206 e. The summed E-state index contributed by atoms with van der Waals surface area (Å²) in [6.45, 7) is 8.36. The van der Waals surface area contributed by atoms with Gasteiger partial charge in [-0.3, -0.25) is 5.43 Å². The molecule has 106 valence electrons. The van der Waals surface area contributed by atoms with Crippen LogP contribution in [-0.2, 0) is 6.42 Å². The van der Waals surface area contributed by atoms with Gasteiger partial charge in [0.2, 0.25) is 5.96 Å². The average molecular weight is 262 g/mol. The quantitative estimate of drug-likeness (QED) is 0.330. The molecule has 0 radical (unpaired) electrons. The van der Waals surface area contributed by atoms with E-state index in [0.29, 0.717) is 5.96 Å². The molecule has 0 saturated carbocycles. The van der Waals surface area contributed by atoms with Crippen LogP contribution in [-0.4, -0.2) is 17.5 Å². The van der Waals surface area contributed by atoms with Crippen LogP contribution in [0, 0.1) is 0 Å². The lowest BCUT2D eigenvalue weighted by Gasteiger charge is -2.28. The first-order valence-corrected chi connectivity index (χ1v) is 6.79. The second-order valence-electron chi connectivity index (χ2n) is 5.71. The van der Waals surface area contributed by atoms with Crippen molar-refractivity contribution in [1.29, 1.82) is 0 Å². The average Bonchev–Trinajstić information content (AvgIpc) is 2.36. The maximum atomic E-state index is 5.49. The third kappa shape index (κ3) is 6.25. The zero-order valence-corrected chi connectivity index (χ0v) is 12.4. The predicted octanol–water partition coefficient (Wildman–Crippen LogP) is 2.22. The molecule has 0 heterocycles. The standard InChI is InChI=1S/C15H26N4/c1-12(2)17-14(19-16)18-15(3,4)11-10-13-8-6-5-7-9-13/h5-9,12H,10-11,16H2,1-4H3,(H2,17,18,19). The summed E-state index contributed by atoms with van der Waals surface area (Å²) in [4.78, 5) is 4.41. The van der Waals surface area contributed by atoms with Gasteiger partial charge < -0.3 is 5.32 Å². The van der Waals surface area contributed by atoms with E-state index in [9.17, 15) is 0 Å². The zero-order chi connectivity index (χ0) is 14.3. The van der Waals surface area contributed by atoms with Crippen molar-refractivity contribution >= 4 is 5.96 Å². The Hall–Kier alpha value is -1.55. The number of rotatable bonds is 5. The number of benzene rings is 1. The van der Waals surface area contributed by atoms with Gasteiger partial charge >= 0.3 is 0 Å².